The van der Waals surface area contributed by atoms with E-state index in [1.54, 1.807) is 64.3 Å². The van der Waals surface area contributed by atoms with Crippen LogP contribution in [-0.4, -0.2) is 49.6 Å². The molecule has 0 unspecified atom stereocenters. The van der Waals surface area contributed by atoms with Gasteiger partial charge in [-0.15, -0.1) is 0 Å². The lowest BCUT2D eigenvalue weighted by molar-refractivity contribution is -0.117. The smallest absolute Gasteiger partial charge is 0.408 e. The van der Waals surface area contributed by atoms with Crippen LogP contribution < -0.4 is 19.5 Å². The Balaban J connectivity index is 1.76. The van der Waals surface area contributed by atoms with Gasteiger partial charge >= 0.3 is 6.09 Å². The number of carbonyl (C=O) groups excluding carboxylic acids is 3. The Labute approximate surface area is 223 Å². The average molecular weight is 522 g/mol. The highest BCUT2D eigenvalue weighted by Crippen LogP contribution is 2.40. The monoisotopic (exact) mass is 521 g/mol. The molecule has 0 bridgehead atoms. The molecule has 0 fully saturated rings. The lowest BCUT2D eigenvalue weighted by Crippen LogP contribution is -2.35. The van der Waals surface area contributed by atoms with Gasteiger partial charge in [-0.2, -0.15) is 0 Å². The number of allylic oxidation sites excluding steroid dienone is 1. The first-order valence-electron chi connectivity index (χ1n) is 12.3. The standard InChI is InChI=1S/C30H35NO7/c1-29(2,3)38-28(34)31-18-21(32)17-20-16-19(9-12-25(20)35-6)8-11-24(33)22-10-13-26(36-7)23-14-15-30(4,5)37-27(22)23/h8-16H,17-18H2,1-7H3,(H,31,34)/b11-8+. The Bertz CT molecular complexity index is 1280. The normalized spacial score (nSPS) is 13.9. The largest absolute Gasteiger partial charge is 0.496 e. The van der Waals surface area contributed by atoms with Crippen LogP contribution in [0.2, 0.25) is 0 Å². The molecule has 1 aliphatic heterocycles. The summed E-state index contributed by atoms with van der Waals surface area (Å²) in [5.74, 6) is 1.18. The van der Waals surface area contributed by atoms with Crippen LogP contribution in [0.1, 0.15) is 61.7 Å². The summed E-state index contributed by atoms with van der Waals surface area (Å²) in [6.45, 7) is 8.90. The lowest BCUT2D eigenvalue weighted by Gasteiger charge is -2.29. The molecule has 1 heterocycles. The fourth-order valence-corrected chi connectivity index (χ4v) is 3.86. The van der Waals surface area contributed by atoms with Crippen molar-refractivity contribution < 1.29 is 33.3 Å². The maximum Gasteiger partial charge on any atom is 0.408 e. The fraction of sp³-hybridized carbons (Fsp3) is 0.367. The van der Waals surface area contributed by atoms with Crippen molar-refractivity contribution in [3.63, 3.8) is 0 Å². The Morgan fingerprint density at radius 1 is 1.03 bits per heavy atom. The SMILES string of the molecule is COc1ccc(/C=C/C(=O)c2ccc(OC)c3c2OC(C)(C)C=C3)cc1CC(=O)CNC(=O)OC(C)(C)C. The molecule has 8 heteroatoms. The van der Waals surface area contributed by atoms with Gasteiger partial charge in [0, 0.05) is 12.0 Å². The number of carbonyl (C=O) groups is 3. The summed E-state index contributed by atoms with van der Waals surface area (Å²) in [6, 6.07) is 8.74. The lowest BCUT2D eigenvalue weighted by atomic mass is 9.97. The van der Waals surface area contributed by atoms with Gasteiger partial charge in [0.1, 0.15) is 28.5 Å². The third-order valence-electron chi connectivity index (χ3n) is 5.61. The summed E-state index contributed by atoms with van der Waals surface area (Å²) in [5.41, 5.74) is 1.27. The van der Waals surface area contributed by atoms with Gasteiger partial charge in [0.15, 0.2) is 11.6 Å². The van der Waals surface area contributed by atoms with Crippen molar-refractivity contribution in [1.82, 2.24) is 5.32 Å². The van der Waals surface area contributed by atoms with Gasteiger partial charge in [0.25, 0.3) is 0 Å². The number of rotatable bonds is 9. The van der Waals surface area contributed by atoms with Gasteiger partial charge < -0.3 is 24.3 Å². The second-order valence-corrected chi connectivity index (χ2v) is 10.4. The van der Waals surface area contributed by atoms with Gasteiger partial charge in [-0.05, 0) is 82.7 Å². The topological polar surface area (TPSA) is 100 Å². The first kappa shape index (κ1) is 28.5. The molecule has 0 spiro atoms. The minimum absolute atomic E-state index is 0.0375. The maximum atomic E-state index is 13.2. The van der Waals surface area contributed by atoms with Gasteiger partial charge in [-0.3, -0.25) is 9.59 Å². The van der Waals surface area contributed by atoms with Gasteiger partial charge in [0.2, 0.25) is 0 Å². The molecule has 0 radical (unpaired) electrons. The number of ketones is 2. The third-order valence-corrected chi connectivity index (χ3v) is 5.61. The van der Waals surface area contributed by atoms with Crippen LogP contribution in [0.15, 0.2) is 42.5 Å². The molecule has 8 nitrogen and oxygen atoms in total. The molecule has 2 aromatic carbocycles. The van der Waals surface area contributed by atoms with Crippen LogP contribution in [0.5, 0.6) is 17.2 Å². The highest BCUT2D eigenvalue weighted by molar-refractivity contribution is 6.09. The van der Waals surface area contributed by atoms with E-state index >= 15 is 0 Å². The predicted molar refractivity (Wildman–Crippen MR) is 146 cm³/mol. The molecule has 0 aliphatic carbocycles. The molecule has 202 valence electrons. The molecule has 0 aromatic heterocycles. The first-order chi connectivity index (χ1) is 17.8. The third kappa shape index (κ3) is 7.47. The van der Waals surface area contributed by atoms with Crippen LogP contribution in [0.4, 0.5) is 4.79 Å². The Hall–Kier alpha value is -4.07. The minimum atomic E-state index is -0.656. The highest BCUT2D eigenvalue weighted by atomic mass is 16.6. The van der Waals surface area contributed by atoms with Crippen LogP contribution in [-0.2, 0) is 16.0 Å². The maximum absolute atomic E-state index is 13.2. The molecule has 0 saturated carbocycles. The van der Waals surface area contributed by atoms with Crippen molar-refractivity contribution in [2.24, 2.45) is 0 Å². The van der Waals surface area contributed by atoms with E-state index in [9.17, 15) is 14.4 Å². The van der Waals surface area contributed by atoms with E-state index < -0.39 is 17.3 Å². The number of fused-ring (bicyclic) bond motifs is 1. The number of Topliss-reactive ketones (excluding diaryl/α,β-unsaturated/α-hetero) is 1. The summed E-state index contributed by atoms with van der Waals surface area (Å²) in [6.07, 6.45) is 6.35. The van der Waals surface area contributed by atoms with Crippen molar-refractivity contribution in [2.45, 2.75) is 52.2 Å². The zero-order chi connectivity index (χ0) is 28.1. The van der Waals surface area contributed by atoms with E-state index in [-0.39, 0.29) is 24.5 Å². The summed E-state index contributed by atoms with van der Waals surface area (Å²) < 4.78 is 22.1. The van der Waals surface area contributed by atoms with Crippen molar-refractivity contribution >= 4 is 29.8 Å². The molecule has 1 N–H and O–H groups in total. The summed E-state index contributed by atoms with van der Waals surface area (Å²) in [5, 5.41) is 2.47. The van der Waals surface area contributed by atoms with E-state index in [4.69, 9.17) is 18.9 Å². The van der Waals surface area contributed by atoms with Gasteiger partial charge in [0.05, 0.1) is 31.9 Å². The predicted octanol–water partition coefficient (Wildman–Crippen LogP) is 5.42. The first-order valence-corrected chi connectivity index (χ1v) is 12.3. The van der Waals surface area contributed by atoms with Crippen molar-refractivity contribution in [2.75, 3.05) is 20.8 Å². The molecular formula is C30H35NO7. The van der Waals surface area contributed by atoms with Gasteiger partial charge in [-0.25, -0.2) is 4.79 Å². The number of alkyl carbamates (subject to hydrolysis) is 1. The number of hydrogen-bond acceptors (Lipinski definition) is 7. The fourth-order valence-electron chi connectivity index (χ4n) is 3.86. The number of hydrogen-bond donors (Lipinski definition) is 1. The van der Waals surface area contributed by atoms with Crippen molar-refractivity contribution in [3.8, 4) is 17.2 Å². The zero-order valence-corrected chi connectivity index (χ0v) is 23.0. The number of methoxy groups -OCH3 is 2. The van der Waals surface area contributed by atoms with Gasteiger partial charge in [-0.1, -0.05) is 12.1 Å². The van der Waals surface area contributed by atoms with E-state index in [0.29, 0.717) is 33.9 Å². The van der Waals surface area contributed by atoms with Crippen LogP contribution in [0.25, 0.3) is 12.2 Å². The highest BCUT2D eigenvalue weighted by Gasteiger charge is 2.27. The second-order valence-electron chi connectivity index (χ2n) is 10.4. The summed E-state index contributed by atoms with van der Waals surface area (Å²) >= 11 is 0. The number of benzene rings is 2. The van der Waals surface area contributed by atoms with E-state index in [0.717, 1.165) is 5.56 Å². The Morgan fingerprint density at radius 3 is 2.37 bits per heavy atom. The van der Waals surface area contributed by atoms with Crippen molar-refractivity contribution in [1.29, 1.82) is 0 Å². The molecule has 1 amide bonds. The molecule has 38 heavy (non-hydrogen) atoms. The Morgan fingerprint density at radius 2 is 1.71 bits per heavy atom. The minimum Gasteiger partial charge on any atom is -0.496 e. The number of amides is 1. The molecular weight excluding hydrogens is 486 g/mol. The van der Waals surface area contributed by atoms with Crippen LogP contribution in [0, 0.1) is 0 Å². The van der Waals surface area contributed by atoms with E-state index in [2.05, 4.69) is 5.32 Å². The molecule has 0 atom stereocenters. The number of nitrogens with one attached hydrogen (secondary N) is 1. The quantitative estimate of drug-likeness (QED) is 0.347. The molecule has 3 rings (SSSR count). The van der Waals surface area contributed by atoms with E-state index in [1.807, 2.05) is 26.0 Å². The molecule has 0 saturated heterocycles. The van der Waals surface area contributed by atoms with Crippen LogP contribution >= 0.6 is 0 Å². The molecule has 1 aliphatic rings. The summed E-state index contributed by atoms with van der Waals surface area (Å²) in [7, 11) is 3.09. The summed E-state index contributed by atoms with van der Waals surface area (Å²) in [4.78, 5) is 37.5. The molecule has 2 aromatic rings. The second kappa shape index (κ2) is 11.5. The Kier molecular flexibility index (Phi) is 8.66. The zero-order valence-electron chi connectivity index (χ0n) is 23.0. The van der Waals surface area contributed by atoms with Crippen molar-refractivity contribution in [3.05, 3.63) is 64.7 Å². The number of ether oxygens (including phenoxy) is 4. The van der Waals surface area contributed by atoms with E-state index in [1.165, 1.54) is 13.2 Å². The van der Waals surface area contributed by atoms with Crippen LogP contribution in [0.3, 0.4) is 0 Å². The average Bonchev–Trinajstić information content (AvgIpc) is 2.83.